The molecule has 0 aliphatic carbocycles. The Morgan fingerprint density at radius 1 is 0.347 bits per heavy atom. The largest absolute Gasteiger partial charge is 0.303 e. The van der Waals surface area contributed by atoms with Gasteiger partial charge in [0, 0.05) is 80.9 Å². The lowest BCUT2D eigenvalue weighted by molar-refractivity contribution is 0.0337. The van der Waals surface area contributed by atoms with Gasteiger partial charge in [0.25, 0.3) is 0 Å². The zero-order valence-corrected chi connectivity index (χ0v) is 55.7. The highest BCUT2D eigenvalue weighted by atomic mass is 32.2. The third kappa shape index (κ3) is 48.5. The smallest absolute Gasteiger partial charge is 0.0232 e. The van der Waals surface area contributed by atoms with Crippen molar-refractivity contribution >= 4 is 47.0 Å². The molecule has 1 fully saturated rings. The Balaban J connectivity index is 2.68. The van der Waals surface area contributed by atoms with E-state index in [-0.39, 0.29) is 0 Å². The predicted octanol–water partition coefficient (Wildman–Crippen LogP) is 20.8. The van der Waals surface area contributed by atoms with Crippen LogP contribution in [0.25, 0.3) is 0 Å². The molecule has 0 N–H and O–H groups in total. The average Bonchev–Trinajstić information content (AvgIpc) is 3.41. The van der Waals surface area contributed by atoms with Crippen molar-refractivity contribution in [2.75, 3.05) is 112 Å². The van der Waals surface area contributed by atoms with Crippen LogP contribution in [-0.4, -0.2) is 144 Å². The van der Waals surface area contributed by atoms with E-state index in [4.69, 9.17) is 0 Å². The normalized spacial score (nSPS) is 16.1. The van der Waals surface area contributed by atoms with E-state index >= 15 is 0 Å². The van der Waals surface area contributed by atoms with Crippen LogP contribution in [0.5, 0.6) is 0 Å². The molecule has 0 bridgehead atoms. The average molecular weight is 1130 g/mol. The minimum atomic E-state index is 0.719. The van der Waals surface area contributed by atoms with Gasteiger partial charge in [-0.25, -0.2) is 0 Å². The van der Waals surface area contributed by atoms with E-state index in [1.807, 2.05) is 0 Å². The van der Waals surface area contributed by atoms with Gasteiger partial charge in [-0.15, -0.1) is 0 Å². The highest BCUT2D eigenvalue weighted by Gasteiger charge is 2.32. The van der Waals surface area contributed by atoms with Crippen LogP contribution in [0.15, 0.2) is 0 Å². The maximum atomic E-state index is 2.98. The first-order valence-electron chi connectivity index (χ1n) is 34.1. The maximum absolute atomic E-state index is 2.98. The second-order valence-electron chi connectivity index (χ2n) is 24.1. The maximum Gasteiger partial charge on any atom is 0.0232 e. The van der Waals surface area contributed by atoms with Crippen LogP contribution < -0.4 is 0 Å². The van der Waals surface area contributed by atoms with E-state index in [1.165, 1.54) is 363 Å². The summed E-state index contributed by atoms with van der Waals surface area (Å²) in [6.45, 7) is 24.9. The van der Waals surface area contributed by atoms with Crippen molar-refractivity contribution in [1.29, 1.82) is 0 Å². The number of hydrogen-bond donors (Lipinski definition) is 0. The Bertz CT molecular complexity index is 1060. The highest BCUT2D eigenvalue weighted by molar-refractivity contribution is 7.99. The number of piperazine rings is 1. The molecular weight excluding hydrogens is 989 g/mol. The standard InChI is InChI=1S/C67H138N4S4/c1-8-12-16-20-24-28-31-35-39-43-49-68(50-44-40-36-32-29-25-21-17-13-9-2)52-58-74-60-54-70-63-67(48-57-73-7)71(64-66(70)47-56-72-6)55-61-75-59-53-69(51-45-41-37-33-30-26-22-18-14-10-3)62-65(5)46-42-38-34-27-23-19-15-11-4/h65-67H,8-64H2,1-7H3. The molecule has 0 amide bonds. The van der Waals surface area contributed by atoms with E-state index in [9.17, 15) is 0 Å². The second kappa shape index (κ2) is 59.8. The molecule has 0 aromatic rings. The van der Waals surface area contributed by atoms with Crippen LogP contribution in [0.3, 0.4) is 0 Å². The molecule has 8 heteroatoms. The van der Waals surface area contributed by atoms with E-state index in [0.717, 1.165) is 18.0 Å². The van der Waals surface area contributed by atoms with Gasteiger partial charge in [0.15, 0.2) is 0 Å². The molecule has 1 rings (SSSR count). The van der Waals surface area contributed by atoms with Crippen molar-refractivity contribution in [2.24, 2.45) is 5.92 Å². The van der Waals surface area contributed by atoms with Crippen molar-refractivity contribution < 1.29 is 0 Å². The molecule has 1 aliphatic heterocycles. The first-order valence-corrected chi connectivity index (χ1v) is 39.2. The molecule has 0 spiro atoms. The molecule has 75 heavy (non-hydrogen) atoms. The van der Waals surface area contributed by atoms with Crippen LogP contribution in [0.2, 0.25) is 0 Å². The van der Waals surface area contributed by atoms with Crippen molar-refractivity contribution in [1.82, 2.24) is 19.6 Å². The summed E-state index contributed by atoms with van der Waals surface area (Å²) in [7, 11) is 0. The number of nitrogens with zero attached hydrogens (tertiary/aromatic N) is 4. The van der Waals surface area contributed by atoms with Gasteiger partial charge in [-0.05, 0) is 88.1 Å². The minimum Gasteiger partial charge on any atom is -0.303 e. The Kier molecular flexibility index (Phi) is 59.3. The lowest BCUT2D eigenvalue weighted by atomic mass is 10.0. The molecule has 3 atom stereocenters. The van der Waals surface area contributed by atoms with Crippen molar-refractivity contribution in [3.8, 4) is 0 Å². The lowest BCUT2D eigenvalue weighted by Crippen LogP contribution is -2.59. The Hall–Kier alpha value is 1.24. The van der Waals surface area contributed by atoms with Crippen molar-refractivity contribution in [3.05, 3.63) is 0 Å². The zero-order valence-electron chi connectivity index (χ0n) is 52.5. The van der Waals surface area contributed by atoms with Crippen LogP contribution in [0, 0.1) is 5.92 Å². The summed E-state index contributed by atoms with van der Waals surface area (Å²) in [4.78, 5) is 11.7. The third-order valence-corrected chi connectivity index (χ3v) is 20.2. The minimum absolute atomic E-state index is 0.719. The molecule has 1 saturated heterocycles. The van der Waals surface area contributed by atoms with Crippen molar-refractivity contribution in [3.63, 3.8) is 0 Å². The summed E-state index contributed by atoms with van der Waals surface area (Å²) < 4.78 is 0. The van der Waals surface area contributed by atoms with Crippen LogP contribution in [-0.2, 0) is 0 Å². The second-order valence-corrected chi connectivity index (χ2v) is 28.6. The fourth-order valence-corrected chi connectivity index (χ4v) is 14.8. The Labute approximate surface area is 491 Å². The molecule has 0 saturated carbocycles. The van der Waals surface area contributed by atoms with E-state index < -0.39 is 0 Å². The number of hydrogen-bond acceptors (Lipinski definition) is 8. The molecule has 1 heterocycles. The molecular formula is C67H138N4S4. The lowest BCUT2D eigenvalue weighted by Gasteiger charge is -2.47. The van der Waals surface area contributed by atoms with Crippen LogP contribution >= 0.6 is 47.0 Å². The van der Waals surface area contributed by atoms with Gasteiger partial charge in [-0.1, -0.05) is 259 Å². The predicted molar refractivity (Wildman–Crippen MR) is 356 cm³/mol. The molecule has 0 aromatic heterocycles. The molecule has 0 radical (unpaired) electrons. The monoisotopic (exact) mass is 1130 g/mol. The van der Waals surface area contributed by atoms with Gasteiger partial charge < -0.3 is 9.80 Å². The molecule has 450 valence electrons. The van der Waals surface area contributed by atoms with Crippen molar-refractivity contribution in [2.45, 2.75) is 310 Å². The zero-order chi connectivity index (χ0) is 54.2. The van der Waals surface area contributed by atoms with Gasteiger partial charge in [0.1, 0.15) is 0 Å². The Morgan fingerprint density at radius 2 is 0.640 bits per heavy atom. The summed E-state index contributed by atoms with van der Waals surface area (Å²) in [5.74, 6) is 8.65. The summed E-state index contributed by atoms with van der Waals surface area (Å²) in [5, 5.41) is 0. The summed E-state index contributed by atoms with van der Waals surface area (Å²) >= 11 is 8.67. The SMILES string of the molecule is CCCCCCCCCCCCN(CCCCCCCCCCCC)CCSCCN1CC(CCSC)N(CCSCCN(CCCCCCCCCCCC)CC(C)CCCCCCCCCC)CC1CCSC. The quantitative estimate of drug-likeness (QED) is 0.0552. The first kappa shape index (κ1) is 74.3. The van der Waals surface area contributed by atoms with Gasteiger partial charge in [0.05, 0.1) is 0 Å². The number of thioether (sulfide) groups is 4. The fraction of sp³-hybridized carbons (Fsp3) is 1.00. The Morgan fingerprint density at radius 3 is 0.973 bits per heavy atom. The van der Waals surface area contributed by atoms with E-state index in [1.54, 1.807) is 0 Å². The number of unbranched alkanes of at least 4 members (excludes halogenated alkanes) is 34. The van der Waals surface area contributed by atoms with Gasteiger partial charge in [-0.3, -0.25) is 9.80 Å². The van der Waals surface area contributed by atoms with E-state index in [0.29, 0.717) is 0 Å². The summed E-state index contributed by atoms with van der Waals surface area (Å²) in [5.41, 5.74) is 0. The summed E-state index contributed by atoms with van der Waals surface area (Å²) in [6, 6.07) is 1.44. The fourth-order valence-electron chi connectivity index (χ4n) is 11.9. The van der Waals surface area contributed by atoms with Crippen LogP contribution in [0.1, 0.15) is 298 Å². The third-order valence-electron chi connectivity index (χ3n) is 17.0. The summed E-state index contributed by atoms with van der Waals surface area (Å²) in [6.07, 6.45) is 63.4. The van der Waals surface area contributed by atoms with Gasteiger partial charge in [0.2, 0.25) is 0 Å². The number of rotatable bonds is 62. The highest BCUT2D eigenvalue weighted by Crippen LogP contribution is 2.24. The molecule has 4 nitrogen and oxygen atoms in total. The van der Waals surface area contributed by atoms with Gasteiger partial charge in [-0.2, -0.15) is 47.0 Å². The first-order chi connectivity index (χ1) is 37.0. The van der Waals surface area contributed by atoms with E-state index in [2.05, 4.69) is 114 Å². The van der Waals surface area contributed by atoms with Crippen LogP contribution in [0.4, 0.5) is 0 Å². The molecule has 3 unspecified atom stereocenters. The molecule has 1 aliphatic rings. The van der Waals surface area contributed by atoms with Gasteiger partial charge >= 0.3 is 0 Å². The topological polar surface area (TPSA) is 13.0 Å². The molecule has 0 aromatic carbocycles.